The van der Waals surface area contributed by atoms with Crippen LogP contribution in [0.4, 0.5) is 0 Å². The molecule has 0 aliphatic rings. The van der Waals surface area contributed by atoms with Crippen LogP contribution in [0.15, 0.2) is 24.3 Å². The minimum Gasteiger partial charge on any atom is -0.394 e. The van der Waals surface area contributed by atoms with E-state index in [1.165, 1.54) is 89.9 Å². The molecule has 0 radical (unpaired) electrons. The SMILES string of the molecule is CCCC/C=C\CCCCCCCC(=O)NC(CO)C(O)/C=C/CCCCCCCCCCCC. The topological polar surface area (TPSA) is 69.6 Å². The molecule has 0 aliphatic heterocycles. The number of amides is 1. The van der Waals surface area contributed by atoms with Gasteiger partial charge in [-0.1, -0.05) is 128 Å². The van der Waals surface area contributed by atoms with Crippen LogP contribution in [-0.4, -0.2) is 34.9 Å². The van der Waals surface area contributed by atoms with Crippen molar-refractivity contribution in [3.63, 3.8) is 0 Å². The van der Waals surface area contributed by atoms with Crippen molar-refractivity contribution in [2.45, 2.75) is 161 Å². The van der Waals surface area contributed by atoms with Crippen LogP contribution in [0, 0.1) is 0 Å². The number of allylic oxidation sites excluding steroid dienone is 3. The van der Waals surface area contributed by atoms with E-state index in [-0.39, 0.29) is 12.5 Å². The van der Waals surface area contributed by atoms with E-state index in [0.29, 0.717) is 6.42 Å². The Labute approximate surface area is 218 Å². The standard InChI is InChI=1S/C31H59NO3/c1-3-5-7-9-11-13-15-17-18-20-22-24-26-30(34)29(28-33)32-31(35)27-25-23-21-19-16-14-12-10-8-6-4-2/h10,12,24,26,29-30,33-34H,3-9,11,13-23,25,27-28H2,1-2H3,(H,32,35)/b12-10-,26-24+. The fourth-order valence-corrected chi connectivity index (χ4v) is 4.27. The van der Waals surface area contributed by atoms with Crippen LogP contribution in [0.25, 0.3) is 0 Å². The summed E-state index contributed by atoms with van der Waals surface area (Å²) in [5.74, 6) is -0.0787. The molecule has 1 amide bonds. The van der Waals surface area contributed by atoms with Gasteiger partial charge in [-0.25, -0.2) is 0 Å². The summed E-state index contributed by atoms with van der Waals surface area (Å²) in [5, 5.41) is 22.7. The molecule has 0 aromatic heterocycles. The summed E-state index contributed by atoms with van der Waals surface area (Å²) in [7, 11) is 0. The van der Waals surface area contributed by atoms with Gasteiger partial charge in [0.1, 0.15) is 0 Å². The van der Waals surface area contributed by atoms with Crippen molar-refractivity contribution in [2.75, 3.05) is 6.61 Å². The third-order valence-corrected chi connectivity index (χ3v) is 6.68. The first kappa shape index (κ1) is 33.9. The Hall–Kier alpha value is -1.13. The Kier molecular flexibility index (Phi) is 26.6. The molecule has 0 saturated heterocycles. The number of unbranched alkanes of at least 4 members (excludes halogenated alkanes) is 17. The summed E-state index contributed by atoms with van der Waals surface area (Å²) in [4.78, 5) is 12.2. The minimum atomic E-state index is -0.836. The second-order valence-electron chi connectivity index (χ2n) is 10.2. The molecule has 0 rings (SSSR count). The summed E-state index contributed by atoms with van der Waals surface area (Å²) >= 11 is 0. The van der Waals surface area contributed by atoms with Crippen LogP contribution < -0.4 is 5.32 Å². The fraction of sp³-hybridized carbons (Fsp3) is 0.839. The second-order valence-corrected chi connectivity index (χ2v) is 10.2. The molecule has 0 bridgehead atoms. The zero-order valence-electron chi connectivity index (χ0n) is 23.3. The molecule has 0 spiro atoms. The van der Waals surface area contributed by atoms with Gasteiger partial charge in [-0.3, -0.25) is 4.79 Å². The molecule has 0 aromatic carbocycles. The Morgan fingerprint density at radius 1 is 0.657 bits per heavy atom. The third-order valence-electron chi connectivity index (χ3n) is 6.68. The molecule has 206 valence electrons. The lowest BCUT2D eigenvalue weighted by Gasteiger charge is -2.20. The molecular formula is C31H59NO3. The number of nitrogens with one attached hydrogen (secondary N) is 1. The normalized spacial score (nSPS) is 13.6. The molecule has 35 heavy (non-hydrogen) atoms. The molecule has 2 unspecified atom stereocenters. The number of hydrogen-bond acceptors (Lipinski definition) is 3. The van der Waals surface area contributed by atoms with Crippen LogP contribution in [-0.2, 0) is 4.79 Å². The highest BCUT2D eigenvalue weighted by Crippen LogP contribution is 2.12. The quantitative estimate of drug-likeness (QED) is 0.0840. The highest BCUT2D eigenvalue weighted by atomic mass is 16.3. The molecule has 0 aliphatic carbocycles. The lowest BCUT2D eigenvalue weighted by atomic mass is 10.1. The number of aliphatic hydroxyl groups is 2. The second kappa shape index (κ2) is 27.5. The Morgan fingerprint density at radius 3 is 1.66 bits per heavy atom. The van der Waals surface area contributed by atoms with Gasteiger partial charge >= 0.3 is 0 Å². The van der Waals surface area contributed by atoms with E-state index in [1.807, 2.05) is 6.08 Å². The van der Waals surface area contributed by atoms with Crippen molar-refractivity contribution in [1.82, 2.24) is 5.32 Å². The van der Waals surface area contributed by atoms with Gasteiger partial charge in [0.15, 0.2) is 0 Å². The van der Waals surface area contributed by atoms with Gasteiger partial charge in [-0.2, -0.15) is 0 Å². The molecule has 4 nitrogen and oxygen atoms in total. The summed E-state index contributed by atoms with van der Waals surface area (Å²) in [6, 6.07) is -0.619. The Balaban J connectivity index is 3.71. The molecule has 3 N–H and O–H groups in total. The lowest BCUT2D eigenvalue weighted by Crippen LogP contribution is -2.45. The first-order valence-electron chi connectivity index (χ1n) is 15.1. The Morgan fingerprint density at radius 2 is 1.11 bits per heavy atom. The molecule has 0 fully saturated rings. The van der Waals surface area contributed by atoms with E-state index in [4.69, 9.17) is 0 Å². The zero-order valence-corrected chi connectivity index (χ0v) is 23.3. The van der Waals surface area contributed by atoms with Crippen LogP contribution in [0.2, 0.25) is 0 Å². The van der Waals surface area contributed by atoms with Gasteiger partial charge in [0.2, 0.25) is 5.91 Å². The maximum atomic E-state index is 12.2. The van der Waals surface area contributed by atoms with Crippen molar-refractivity contribution in [2.24, 2.45) is 0 Å². The van der Waals surface area contributed by atoms with Gasteiger partial charge in [0.05, 0.1) is 18.8 Å². The zero-order chi connectivity index (χ0) is 25.8. The predicted octanol–water partition coefficient (Wildman–Crippen LogP) is 8.17. The monoisotopic (exact) mass is 493 g/mol. The largest absolute Gasteiger partial charge is 0.394 e. The van der Waals surface area contributed by atoms with E-state index in [1.54, 1.807) is 6.08 Å². The van der Waals surface area contributed by atoms with Crippen LogP contribution in [0.5, 0.6) is 0 Å². The molecule has 0 heterocycles. The number of hydrogen-bond donors (Lipinski definition) is 3. The van der Waals surface area contributed by atoms with Crippen LogP contribution >= 0.6 is 0 Å². The highest BCUT2D eigenvalue weighted by molar-refractivity contribution is 5.76. The average molecular weight is 494 g/mol. The van der Waals surface area contributed by atoms with Gasteiger partial charge in [-0.15, -0.1) is 0 Å². The van der Waals surface area contributed by atoms with Gasteiger partial charge < -0.3 is 15.5 Å². The molecule has 0 saturated carbocycles. The van der Waals surface area contributed by atoms with Crippen molar-refractivity contribution in [1.29, 1.82) is 0 Å². The summed E-state index contributed by atoms with van der Waals surface area (Å²) in [6.45, 7) is 4.23. The molecule has 0 aromatic rings. The summed E-state index contributed by atoms with van der Waals surface area (Å²) < 4.78 is 0. The van der Waals surface area contributed by atoms with Crippen molar-refractivity contribution >= 4 is 5.91 Å². The maximum Gasteiger partial charge on any atom is 0.220 e. The number of carbonyl (C=O) groups excluding carboxylic acids is 1. The minimum absolute atomic E-state index is 0.0787. The van der Waals surface area contributed by atoms with Crippen molar-refractivity contribution in [3.05, 3.63) is 24.3 Å². The van der Waals surface area contributed by atoms with Crippen molar-refractivity contribution in [3.8, 4) is 0 Å². The molecule has 4 heteroatoms. The van der Waals surface area contributed by atoms with Crippen LogP contribution in [0.3, 0.4) is 0 Å². The van der Waals surface area contributed by atoms with E-state index in [9.17, 15) is 15.0 Å². The van der Waals surface area contributed by atoms with Gasteiger partial charge in [0.25, 0.3) is 0 Å². The first-order valence-corrected chi connectivity index (χ1v) is 15.1. The van der Waals surface area contributed by atoms with E-state index in [2.05, 4.69) is 31.3 Å². The smallest absolute Gasteiger partial charge is 0.220 e. The summed E-state index contributed by atoms with van der Waals surface area (Å²) in [5.41, 5.74) is 0. The van der Waals surface area contributed by atoms with E-state index < -0.39 is 12.1 Å². The molecular weight excluding hydrogens is 434 g/mol. The van der Waals surface area contributed by atoms with E-state index >= 15 is 0 Å². The predicted molar refractivity (Wildman–Crippen MR) is 152 cm³/mol. The van der Waals surface area contributed by atoms with E-state index in [0.717, 1.165) is 38.5 Å². The average Bonchev–Trinajstić information content (AvgIpc) is 2.86. The van der Waals surface area contributed by atoms with Crippen molar-refractivity contribution < 1.29 is 15.0 Å². The molecule has 2 atom stereocenters. The fourth-order valence-electron chi connectivity index (χ4n) is 4.27. The number of aliphatic hydroxyl groups excluding tert-OH is 2. The third kappa shape index (κ3) is 24.3. The number of rotatable bonds is 26. The Bertz CT molecular complexity index is 503. The number of carbonyl (C=O) groups is 1. The van der Waals surface area contributed by atoms with Gasteiger partial charge in [0, 0.05) is 6.42 Å². The first-order chi connectivity index (χ1) is 17.2. The van der Waals surface area contributed by atoms with Crippen LogP contribution in [0.1, 0.15) is 149 Å². The summed E-state index contributed by atoms with van der Waals surface area (Å²) in [6.07, 6.45) is 32.4. The highest BCUT2D eigenvalue weighted by Gasteiger charge is 2.17. The lowest BCUT2D eigenvalue weighted by molar-refractivity contribution is -0.123. The maximum absolute atomic E-state index is 12.2. The van der Waals surface area contributed by atoms with Gasteiger partial charge in [-0.05, 0) is 38.5 Å².